The van der Waals surface area contributed by atoms with E-state index in [2.05, 4.69) is 4.98 Å². The van der Waals surface area contributed by atoms with Gasteiger partial charge in [-0.1, -0.05) is 6.07 Å². The maximum atomic E-state index is 10.6. The molecule has 0 bridgehead atoms. The Morgan fingerprint density at radius 3 is 2.89 bits per heavy atom. The molecule has 18 heavy (non-hydrogen) atoms. The van der Waals surface area contributed by atoms with Gasteiger partial charge in [-0.3, -0.25) is 4.98 Å². The number of aromatic nitrogens is 1. The van der Waals surface area contributed by atoms with Crippen molar-refractivity contribution in [3.63, 3.8) is 0 Å². The summed E-state index contributed by atoms with van der Waals surface area (Å²) in [5, 5.41) is 9.53. The summed E-state index contributed by atoms with van der Waals surface area (Å²) in [6, 6.07) is 7.41. The summed E-state index contributed by atoms with van der Waals surface area (Å²) in [4.78, 5) is 15.0. The van der Waals surface area contributed by atoms with Crippen LogP contribution in [-0.2, 0) is 4.79 Å². The highest BCUT2D eigenvalue weighted by Crippen LogP contribution is 2.29. The Labute approximate surface area is 105 Å². The van der Waals surface area contributed by atoms with Crippen molar-refractivity contribution in [2.75, 3.05) is 7.11 Å². The predicted octanol–water partition coefficient (Wildman–Crippen LogP) is 2.65. The maximum Gasteiger partial charge on any atom is 0.328 e. The number of carbonyl (C=O) groups is 1. The Bertz CT molecular complexity index is 632. The number of hydrogen-bond donors (Lipinski definition) is 1. The lowest BCUT2D eigenvalue weighted by atomic mass is 10.1. The van der Waals surface area contributed by atoms with Crippen LogP contribution < -0.4 is 4.74 Å². The highest BCUT2D eigenvalue weighted by atomic mass is 16.5. The number of rotatable bonds is 3. The van der Waals surface area contributed by atoms with Gasteiger partial charge in [-0.25, -0.2) is 4.79 Å². The van der Waals surface area contributed by atoms with Gasteiger partial charge in [0.15, 0.2) is 0 Å². The highest BCUT2D eigenvalue weighted by Gasteiger charge is 2.07. The molecule has 0 saturated heterocycles. The molecule has 0 aliphatic carbocycles. The average Bonchev–Trinajstić information content (AvgIpc) is 2.34. The molecule has 2 rings (SSSR count). The van der Waals surface area contributed by atoms with Crippen LogP contribution in [0.4, 0.5) is 0 Å². The summed E-state index contributed by atoms with van der Waals surface area (Å²) in [6.07, 6.45) is 2.67. The largest absolute Gasteiger partial charge is 0.496 e. The van der Waals surface area contributed by atoms with Crippen molar-refractivity contribution in [1.82, 2.24) is 4.98 Å². The number of carboxylic acids is 1. The molecular formula is C14H13NO3. The summed E-state index contributed by atoms with van der Waals surface area (Å²) in [5.74, 6) is -0.294. The molecule has 4 heteroatoms. The van der Waals surface area contributed by atoms with Gasteiger partial charge < -0.3 is 9.84 Å². The molecule has 0 spiro atoms. The molecule has 1 aromatic carbocycles. The average molecular weight is 243 g/mol. The Morgan fingerprint density at radius 2 is 2.22 bits per heavy atom. The fourth-order valence-corrected chi connectivity index (χ4v) is 1.88. The molecule has 2 aromatic rings. The lowest BCUT2D eigenvalue weighted by molar-refractivity contribution is -0.131. The zero-order valence-electron chi connectivity index (χ0n) is 10.2. The second-order valence-electron chi connectivity index (χ2n) is 3.88. The molecular weight excluding hydrogens is 230 g/mol. The van der Waals surface area contributed by atoms with E-state index in [4.69, 9.17) is 9.84 Å². The fraction of sp³-hybridized carbons (Fsp3) is 0.143. The maximum absolute atomic E-state index is 10.6. The third-order valence-corrected chi connectivity index (χ3v) is 2.58. The van der Waals surface area contributed by atoms with Gasteiger partial charge in [-0.15, -0.1) is 0 Å². The minimum Gasteiger partial charge on any atom is -0.496 e. The third kappa shape index (κ3) is 2.32. The second-order valence-corrected chi connectivity index (χ2v) is 3.88. The monoisotopic (exact) mass is 243 g/mol. The Morgan fingerprint density at radius 1 is 1.44 bits per heavy atom. The molecule has 0 atom stereocenters. The number of aryl methyl sites for hydroxylation is 1. The van der Waals surface area contributed by atoms with E-state index in [1.165, 1.54) is 0 Å². The minimum absolute atomic E-state index is 0.685. The van der Waals surface area contributed by atoms with Crippen LogP contribution in [0.15, 0.2) is 30.3 Å². The molecule has 1 N–H and O–H groups in total. The number of fused-ring (bicyclic) bond motifs is 1. The van der Waals surface area contributed by atoms with Crippen LogP contribution in [0.5, 0.6) is 5.75 Å². The lowest BCUT2D eigenvalue weighted by Crippen LogP contribution is -1.93. The van der Waals surface area contributed by atoms with E-state index in [9.17, 15) is 4.79 Å². The smallest absolute Gasteiger partial charge is 0.328 e. The molecule has 0 unspecified atom stereocenters. The zero-order valence-corrected chi connectivity index (χ0v) is 10.2. The molecule has 0 amide bonds. The Balaban J connectivity index is 2.73. The third-order valence-electron chi connectivity index (χ3n) is 2.58. The minimum atomic E-state index is -0.979. The number of ether oxygens (including phenoxy) is 1. The standard InChI is InChI=1S/C14H13NO3/c1-9-8-10(6-7-13(16)17)14-11(15-9)4-3-5-12(14)18-2/h3-8H,1-2H3,(H,16,17)/b7-6+. The van der Waals surface area contributed by atoms with Crippen molar-refractivity contribution in [1.29, 1.82) is 0 Å². The first-order valence-electron chi connectivity index (χ1n) is 5.47. The van der Waals surface area contributed by atoms with E-state index in [0.717, 1.165) is 28.2 Å². The topological polar surface area (TPSA) is 59.4 Å². The molecule has 1 aromatic heterocycles. The van der Waals surface area contributed by atoms with Crippen molar-refractivity contribution in [3.05, 3.63) is 41.6 Å². The Kier molecular flexibility index (Phi) is 3.28. The summed E-state index contributed by atoms with van der Waals surface area (Å²) in [5.41, 5.74) is 2.41. The van der Waals surface area contributed by atoms with E-state index >= 15 is 0 Å². The quantitative estimate of drug-likeness (QED) is 0.842. The van der Waals surface area contributed by atoms with E-state index in [0.29, 0.717) is 5.75 Å². The van der Waals surface area contributed by atoms with E-state index in [1.54, 1.807) is 13.2 Å². The van der Waals surface area contributed by atoms with Gasteiger partial charge in [0, 0.05) is 17.2 Å². The van der Waals surface area contributed by atoms with Crippen molar-refractivity contribution < 1.29 is 14.6 Å². The lowest BCUT2D eigenvalue weighted by Gasteiger charge is -2.08. The SMILES string of the molecule is COc1cccc2nc(C)cc(/C=C/C(=O)O)c12. The molecule has 0 saturated carbocycles. The van der Waals surface area contributed by atoms with Gasteiger partial charge in [0.05, 0.1) is 12.6 Å². The number of carboxylic acid groups (broad SMARTS) is 1. The van der Waals surface area contributed by atoms with Gasteiger partial charge in [-0.05, 0) is 36.8 Å². The van der Waals surface area contributed by atoms with Crippen LogP contribution in [0.25, 0.3) is 17.0 Å². The molecule has 4 nitrogen and oxygen atoms in total. The first kappa shape index (κ1) is 12.1. The van der Waals surface area contributed by atoms with Crippen molar-refractivity contribution in [2.24, 2.45) is 0 Å². The predicted molar refractivity (Wildman–Crippen MR) is 69.7 cm³/mol. The first-order chi connectivity index (χ1) is 8.61. The first-order valence-corrected chi connectivity index (χ1v) is 5.47. The fourth-order valence-electron chi connectivity index (χ4n) is 1.88. The van der Waals surface area contributed by atoms with Crippen LogP contribution in [0, 0.1) is 6.92 Å². The van der Waals surface area contributed by atoms with E-state index < -0.39 is 5.97 Å². The van der Waals surface area contributed by atoms with E-state index in [1.807, 2.05) is 31.2 Å². The number of nitrogens with zero attached hydrogens (tertiary/aromatic N) is 1. The van der Waals surface area contributed by atoms with Gasteiger partial charge in [0.1, 0.15) is 5.75 Å². The van der Waals surface area contributed by atoms with Crippen LogP contribution in [0.3, 0.4) is 0 Å². The van der Waals surface area contributed by atoms with Crippen molar-refractivity contribution in [2.45, 2.75) is 6.92 Å². The van der Waals surface area contributed by atoms with Gasteiger partial charge >= 0.3 is 5.97 Å². The van der Waals surface area contributed by atoms with Crippen LogP contribution in [0.2, 0.25) is 0 Å². The van der Waals surface area contributed by atoms with E-state index in [-0.39, 0.29) is 0 Å². The number of hydrogen-bond acceptors (Lipinski definition) is 3. The summed E-state index contributed by atoms with van der Waals surface area (Å²) < 4.78 is 5.29. The van der Waals surface area contributed by atoms with Crippen molar-refractivity contribution >= 4 is 22.9 Å². The molecule has 0 aliphatic heterocycles. The van der Waals surface area contributed by atoms with Gasteiger partial charge in [0.2, 0.25) is 0 Å². The van der Waals surface area contributed by atoms with Gasteiger partial charge in [-0.2, -0.15) is 0 Å². The molecule has 1 heterocycles. The van der Waals surface area contributed by atoms with Gasteiger partial charge in [0.25, 0.3) is 0 Å². The number of aliphatic carboxylic acids is 1. The van der Waals surface area contributed by atoms with Crippen molar-refractivity contribution in [3.8, 4) is 5.75 Å². The number of methoxy groups -OCH3 is 1. The molecule has 0 radical (unpaired) electrons. The van der Waals surface area contributed by atoms with Crippen LogP contribution in [0.1, 0.15) is 11.3 Å². The second kappa shape index (κ2) is 4.87. The highest BCUT2D eigenvalue weighted by molar-refractivity contribution is 5.96. The normalized spacial score (nSPS) is 11.0. The van der Waals surface area contributed by atoms with Crippen LogP contribution in [-0.4, -0.2) is 23.2 Å². The summed E-state index contributed by atoms with van der Waals surface area (Å²) in [6.45, 7) is 1.87. The summed E-state index contributed by atoms with van der Waals surface area (Å²) >= 11 is 0. The number of pyridine rings is 1. The molecule has 92 valence electrons. The molecule has 0 fully saturated rings. The van der Waals surface area contributed by atoms with Crippen LogP contribution >= 0.6 is 0 Å². The number of benzene rings is 1. The summed E-state index contributed by atoms with van der Waals surface area (Å²) in [7, 11) is 1.58. The Hall–Kier alpha value is -2.36. The zero-order chi connectivity index (χ0) is 13.1. The molecule has 0 aliphatic rings.